The molecule has 0 radical (unpaired) electrons. The van der Waals surface area contributed by atoms with Crippen molar-refractivity contribution in [3.63, 3.8) is 0 Å². The Bertz CT molecular complexity index is 968. The van der Waals surface area contributed by atoms with Crippen molar-refractivity contribution in [2.75, 3.05) is 28.4 Å². The molecule has 0 aliphatic rings. The molecule has 3 rings (SSSR count). The summed E-state index contributed by atoms with van der Waals surface area (Å²) in [6.07, 6.45) is 1.77. The number of nitrogens with zero attached hydrogens (tertiary/aromatic N) is 1. The summed E-state index contributed by atoms with van der Waals surface area (Å²) in [4.78, 5) is 12.8. The molecule has 1 aromatic heterocycles. The molecule has 0 unspecified atom stereocenters. The molecule has 2 aromatic carbocycles. The Hall–Kier alpha value is -3.15. The molecule has 0 saturated carbocycles. The number of hydrogen-bond acceptors (Lipinski definition) is 5. The van der Waals surface area contributed by atoms with Gasteiger partial charge in [-0.2, -0.15) is 0 Å². The van der Waals surface area contributed by atoms with Gasteiger partial charge >= 0.3 is 0 Å². The minimum Gasteiger partial charge on any atom is -0.497 e. The molecule has 0 bridgehead atoms. The smallest absolute Gasteiger partial charge is 0.258 e. The molecule has 26 heavy (non-hydrogen) atoms. The van der Waals surface area contributed by atoms with Crippen LogP contribution in [0.15, 0.2) is 47.4 Å². The Morgan fingerprint density at radius 1 is 0.846 bits per heavy atom. The SMILES string of the molecule is COc1ccc2c(=O)n(Cc3cc(OC)c(OC)c(OC)c3)ccc2c1. The van der Waals surface area contributed by atoms with Gasteiger partial charge in [-0.3, -0.25) is 4.79 Å². The molecule has 0 aliphatic heterocycles. The molecule has 0 aliphatic carbocycles. The van der Waals surface area contributed by atoms with Gasteiger partial charge in [-0.1, -0.05) is 0 Å². The molecule has 3 aromatic rings. The second-order valence-corrected chi connectivity index (χ2v) is 5.74. The van der Waals surface area contributed by atoms with Crippen molar-refractivity contribution >= 4 is 10.8 Å². The normalized spacial score (nSPS) is 10.6. The second kappa shape index (κ2) is 7.39. The van der Waals surface area contributed by atoms with Gasteiger partial charge in [0, 0.05) is 11.6 Å². The Labute approximate surface area is 151 Å². The molecule has 6 nitrogen and oxygen atoms in total. The van der Waals surface area contributed by atoms with E-state index in [0.717, 1.165) is 16.7 Å². The van der Waals surface area contributed by atoms with E-state index in [9.17, 15) is 4.79 Å². The van der Waals surface area contributed by atoms with Crippen molar-refractivity contribution in [2.24, 2.45) is 0 Å². The van der Waals surface area contributed by atoms with Gasteiger partial charge < -0.3 is 23.5 Å². The van der Waals surface area contributed by atoms with Crippen LogP contribution in [0.5, 0.6) is 23.0 Å². The monoisotopic (exact) mass is 355 g/mol. The number of ether oxygens (including phenoxy) is 4. The maximum Gasteiger partial charge on any atom is 0.258 e. The summed E-state index contributed by atoms with van der Waals surface area (Å²) >= 11 is 0. The highest BCUT2D eigenvalue weighted by Gasteiger charge is 2.14. The van der Waals surface area contributed by atoms with Crippen LogP contribution in [0.1, 0.15) is 5.56 Å². The van der Waals surface area contributed by atoms with Crippen molar-refractivity contribution in [1.82, 2.24) is 4.57 Å². The lowest BCUT2D eigenvalue weighted by Crippen LogP contribution is -2.20. The van der Waals surface area contributed by atoms with E-state index in [1.807, 2.05) is 24.3 Å². The van der Waals surface area contributed by atoms with Crippen LogP contribution in [0, 0.1) is 0 Å². The lowest BCUT2D eigenvalue weighted by atomic mass is 10.1. The fraction of sp³-hybridized carbons (Fsp3) is 0.250. The van der Waals surface area contributed by atoms with E-state index in [-0.39, 0.29) is 5.56 Å². The van der Waals surface area contributed by atoms with E-state index < -0.39 is 0 Å². The highest BCUT2D eigenvalue weighted by Crippen LogP contribution is 2.38. The molecule has 0 saturated heterocycles. The van der Waals surface area contributed by atoms with Crippen molar-refractivity contribution in [1.29, 1.82) is 0 Å². The quantitative estimate of drug-likeness (QED) is 0.680. The van der Waals surface area contributed by atoms with Crippen LogP contribution >= 0.6 is 0 Å². The molecule has 0 atom stereocenters. The van der Waals surface area contributed by atoms with Crippen LogP contribution in [0.4, 0.5) is 0 Å². The van der Waals surface area contributed by atoms with Crippen molar-refractivity contribution in [3.05, 3.63) is 58.5 Å². The van der Waals surface area contributed by atoms with Crippen LogP contribution in [0.25, 0.3) is 10.8 Å². The maximum absolute atomic E-state index is 12.8. The summed E-state index contributed by atoms with van der Waals surface area (Å²) in [5.41, 5.74) is 0.799. The Morgan fingerprint density at radius 3 is 2.12 bits per heavy atom. The first-order valence-corrected chi connectivity index (χ1v) is 8.07. The number of pyridine rings is 1. The topological polar surface area (TPSA) is 58.9 Å². The lowest BCUT2D eigenvalue weighted by Gasteiger charge is -2.15. The molecule has 136 valence electrons. The predicted molar refractivity (Wildman–Crippen MR) is 100.0 cm³/mol. The zero-order chi connectivity index (χ0) is 18.7. The summed E-state index contributed by atoms with van der Waals surface area (Å²) in [6.45, 7) is 0.386. The first kappa shape index (κ1) is 17.7. The summed E-state index contributed by atoms with van der Waals surface area (Å²) in [5.74, 6) is 2.36. The largest absolute Gasteiger partial charge is 0.497 e. The fourth-order valence-electron chi connectivity index (χ4n) is 2.94. The molecule has 0 amide bonds. The number of methoxy groups -OCH3 is 4. The number of aromatic nitrogens is 1. The van der Waals surface area contributed by atoms with Gasteiger partial charge in [0.2, 0.25) is 5.75 Å². The van der Waals surface area contributed by atoms with Crippen LogP contribution < -0.4 is 24.5 Å². The molecule has 0 spiro atoms. The summed E-state index contributed by atoms with van der Waals surface area (Å²) in [7, 11) is 6.29. The zero-order valence-electron chi connectivity index (χ0n) is 15.2. The van der Waals surface area contributed by atoms with Crippen molar-refractivity contribution in [2.45, 2.75) is 6.54 Å². The van der Waals surface area contributed by atoms with Gasteiger partial charge in [0.1, 0.15) is 5.75 Å². The van der Waals surface area contributed by atoms with E-state index in [1.54, 1.807) is 51.3 Å². The molecular formula is C20H21NO5. The Kier molecular flexibility index (Phi) is 5.02. The lowest BCUT2D eigenvalue weighted by molar-refractivity contribution is 0.323. The first-order valence-electron chi connectivity index (χ1n) is 8.07. The van der Waals surface area contributed by atoms with Crippen molar-refractivity contribution in [3.8, 4) is 23.0 Å². The van der Waals surface area contributed by atoms with Crippen LogP contribution in [0.2, 0.25) is 0 Å². The summed E-state index contributed by atoms with van der Waals surface area (Å²) in [6, 6.07) is 11.0. The maximum atomic E-state index is 12.8. The predicted octanol–water partition coefficient (Wildman–Crippen LogP) is 3.08. The number of fused-ring (bicyclic) bond motifs is 1. The van der Waals surface area contributed by atoms with E-state index in [0.29, 0.717) is 29.2 Å². The van der Waals surface area contributed by atoms with Crippen LogP contribution in [0.3, 0.4) is 0 Å². The van der Waals surface area contributed by atoms with Gasteiger partial charge in [0.25, 0.3) is 5.56 Å². The molecule has 1 heterocycles. The average Bonchev–Trinajstić information content (AvgIpc) is 2.68. The van der Waals surface area contributed by atoms with E-state index in [4.69, 9.17) is 18.9 Å². The average molecular weight is 355 g/mol. The molecule has 0 N–H and O–H groups in total. The van der Waals surface area contributed by atoms with Crippen molar-refractivity contribution < 1.29 is 18.9 Å². The van der Waals surface area contributed by atoms with Crippen LogP contribution in [-0.4, -0.2) is 33.0 Å². The van der Waals surface area contributed by atoms with Gasteiger partial charge in [0.05, 0.1) is 35.0 Å². The zero-order valence-corrected chi connectivity index (χ0v) is 15.2. The molecule has 6 heteroatoms. The van der Waals surface area contributed by atoms with E-state index in [1.165, 1.54) is 0 Å². The van der Waals surface area contributed by atoms with Gasteiger partial charge in [-0.25, -0.2) is 0 Å². The standard InChI is InChI=1S/C20H21NO5/c1-23-15-5-6-16-14(11-15)7-8-21(20(16)22)12-13-9-17(24-2)19(26-4)18(10-13)25-3/h5-11H,12H2,1-4H3. The number of benzene rings is 2. The number of hydrogen-bond donors (Lipinski definition) is 0. The van der Waals surface area contributed by atoms with Gasteiger partial charge in [0.15, 0.2) is 11.5 Å². The summed E-state index contributed by atoms with van der Waals surface area (Å²) in [5, 5.41) is 1.48. The minimum atomic E-state index is -0.0705. The fourth-order valence-corrected chi connectivity index (χ4v) is 2.94. The highest BCUT2D eigenvalue weighted by molar-refractivity contribution is 5.82. The second-order valence-electron chi connectivity index (χ2n) is 5.74. The third-order valence-electron chi connectivity index (χ3n) is 4.26. The van der Waals surface area contributed by atoms with E-state index in [2.05, 4.69) is 0 Å². The third-order valence-corrected chi connectivity index (χ3v) is 4.26. The number of rotatable bonds is 6. The Balaban J connectivity index is 2.03. The van der Waals surface area contributed by atoms with Gasteiger partial charge in [-0.05, 0) is 47.3 Å². The summed E-state index contributed by atoms with van der Waals surface area (Å²) < 4.78 is 23.0. The first-order chi connectivity index (χ1) is 12.6. The van der Waals surface area contributed by atoms with Crippen LogP contribution in [-0.2, 0) is 6.54 Å². The molecule has 0 fully saturated rings. The van der Waals surface area contributed by atoms with Gasteiger partial charge in [-0.15, -0.1) is 0 Å². The minimum absolute atomic E-state index is 0.0705. The Morgan fingerprint density at radius 2 is 1.54 bits per heavy atom. The third kappa shape index (κ3) is 3.18. The highest BCUT2D eigenvalue weighted by atomic mass is 16.5. The van der Waals surface area contributed by atoms with E-state index >= 15 is 0 Å². The molecular weight excluding hydrogens is 334 g/mol.